The molecule has 1 aromatic rings. The molecule has 0 radical (unpaired) electrons. The summed E-state index contributed by atoms with van der Waals surface area (Å²) in [6, 6.07) is 7.06. The lowest BCUT2D eigenvalue weighted by Crippen LogP contribution is -2.49. The highest BCUT2D eigenvalue weighted by Crippen LogP contribution is 2.03. The molecule has 120 valence electrons. The minimum absolute atomic E-state index is 0.152. The Morgan fingerprint density at radius 3 is 2.41 bits per heavy atom. The van der Waals surface area contributed by atoms with E-state index in [1.165, 1.54) is 0 Å². The van der Waals surface area contributed by atoms with Crippen molar-refractivity contribution in [2.24, 2.45) is 5.73 Å². The molecule has 0 fully saturated rings. The highest BCUT2D eigenvalue weighted by atomic mass is 32.1. The Labute approximate surface area is 133 Å². The number of rotatable bonds is 8. The molecule has 2 atom stereocenters. The van der Waals surface area contributed by atoms with Crippen LogP contribution in [-0.2, 0) is 20.8 Å². The van der Waals surface area contributed by atoms with Crippen LogP contribution in [0.25, 0.3) is 0 Å². The van der Waals surface area contributed by atoms with E-state index in [9.17, 15) is 14.4 Å². The second-order valence-corrected chi connectivity index (χ2v) is 5.02. The molecule has 5 N–H and O–H groups in total. The maximum Gasteiger partial charge on any atom is 0.326 e. The molecule has 2 amide bonds. The number of thiol groups is 1. The zero-order chi connectivity index (χ0) is 16.5. The van der Waals surface area contributed by atoms with Crippen molar-refractivity contribution in [1.29, 1.82) is 0 Å². The first-order valence-corrected chi connectivity index (χ1v) is 7.27. The standard InChI is InChI=1S/C14H19N3O4S/c15-10(8-22)13(19)16-7-12(18)17-11(14(20)21)6-9-4-2-1-3-5-9/h1-5,10-11,22H,6-8,15H2,(H,16,19)(H,17,18)(H,20,21). The Balaban J connectivity index is 2.51. The Bertz CT molecular complexity index is 524. The molecule has 22 heavy (non-hydrogen) atoms. The SMILES string of the molecule is NC(CS)C(=O)NCC(=O)NC(Cc1ccccc1)C(=O)O. The van der Waals surface area contributed by atoms with Crippen molar-refractivity contribution in [1.82, 2.24) is 10.6 Å². The van der Waals surface area contributed by atoms with Crippen LogP contribution < -0.4 is 16.4 Å². The van der Waals surface area contributed by atoms with Crippen molar-refractivity contribution < 1.29 is 19.5 Å². The van der Waals surface area contributed by atoms with Crippen molar-refractivity contribution in [3.63, 3.8) is 0 Å². The lowest BCUT2D eigenvalue weighted by Gasteiger charge is -2.15. The molecule has 0 saturated heterocycles. The molecular weight excluding hydrogens is 306 g/mol. The largest absolute Gasteiger partial charge is 0.480 e. The Morgan fingerprint density at radius 2 is 1.86 bits per heavy atom. The van der Waals surface area contributed by atoms with Crippen LogP contribution in [0.15, 0.2) is 30.3 Å². The number of hydrogen-bond donors (Lipinski definition) is 5. The summed E-state index contributed by atoms with van der Waals surface area (Å²) in [6.07, 6.45) is 0.159. The van der Waals surface area contributed by atoms with E-state index in [0.29, 0.717) is 0 Å². The molecule has 0 aromatic heterocycles. The van der Waals surface area contributed by atoms with Gasteiger partial charge in [-0.1, -0.05) is 30.3 Å². The average Bonchev–Trinajstić information content (AvgIpc) is 2.52. The van der Waals surface area contributed by atoms with E-state index in [-0.39, 0.29) is 18.7 Å². The summed E-state index contributed by atoms with van der Waals surface area (Å²) in [7, 11) is 0. The first-order valence-electron chi connectivity index (χ1n) is 6.64. The van der Waals surface area contributed by atoms with Crippen LogP contribution in [0, 0.1) is 0 Å². The van der Waals surface area contributed by atoms with Gasteiger partial charge in [-0.2, -0.15) is 12.6 Å². The van der Waals surface area contributed by atoms with E-state index in [0.717, 1.165) is 5.56 Å². The lowest BCUT2D eigenvalue weighted by atomic mass is 10.1. The van der Waals surface area contributed by atoms with Gasteiger partial charge in [0, 0.05) is 12.2 Å². The van der Waals surface area contributed by atoms with E-state index in [1.807, 2.05) is 6.07 Å². The van der Waals surface area contributed by atoms with Gasteiger partial charge in [0.2, 0.25) is 11.8 Å². The summed E-state index contributed by atoms with van der Waals surface area (Å²) in [5, 5.41) is 13.8. The third-order valence-electron chi connectivity index (χ3n) is 2.87. The van der Waals surface area contributed by atoms with Gasteiger partial charge in [0.05, 0.1) is 12.6 Å². The molecule has 7 nitrogen and oxygen atoms in total. The molecule has 0 saturated carbocycles. The summed E-state index contributed by atoms with van der Waals surface area (Å²) >= 11 is 3.87. The fraction of sp³-hybridized carbons (Fsp3) is 0.357. The number of carbonyl (C=O) groups is 3. The van der Waals surface area contributed by atoms with Crippen LogP contribution in [0.1, 0.15) is 5.56 Å². The molecule has 1 rings (SSSR count). The number of amides is 2. The molecule has 8 heteroatoms. The van der Waals surface area contributed by atoms with Crippen LogP contribution in [0.2, 0.25) is 0 Å². The number of carboxylic acid groups (broad SMARTS) is 1. The summed E-state index contributed by atoms with van der Waals surface area (Å²) in [6.45, 7) is -0.334. The quantitative estimate of drug-likeness (QED) is 0.400. The van der Waals surface area contributed by atoms with Crippen LogP contribution in [0.4, 0.5) is 0 Å². The molecule has 0 spiro atoms. The van der Waals surface area contributed by atoms with Crippen LogP contribution in [-0.4, -0.2) is 47.3 Å². The topological polar surface area (TPSA) is 122 Å². The fourth-order valence-electron chi connectivity index (χ4n) is 1.68. The molecule has 0 aliphatic heterocycles. The minimum Gasteiger partial charge on any atom is -0.480 e. The van der Waals surface area contributed by atoms with E-state index in [2.05, 4.69) is 23.3 Å². The number of nitrogens with one attached hydrogen (secondary N) is 2. The number of benzene rings is 1. The van der Waals surface area contributed by atoms with Gasteiger partial charge in [0.15, 0.2) is 0 Å². The summed E-state index contributed by atoms with van der Waals surface area (Å²) in [5.74, 6) is -2.10. The first kappa shape index (κ1) is 18.0. The molecule has 0 aliphatic rings. The van der Waals surface area contributed by atoms with Crippen molar-refractivity contribution >= 4 is 30.4 Å². The average molecular weight is 325 g/mol. The predicted octanol–water partition coefficient (Wildman–Crippen LogP) is -0.828. The van der Waals surface area contributed by atoms with Crippen LogP contribution in [0.3, 0.4) is 0 Å². The van der Waals surface area contributed by atoms with Crippen molar-refractivity contribution in [2.45, 2.75) is 18.5 Å². The maximum absolute atomic E-state index is 11.7. The van der Waals surface area contributed by atoms with Gasteiger partial charge in [-0.15, -0.1) is 0 Å². The summed E-state index contributed by atoms with van der Waals surface area (Å²) in [5.41, 5.74) is 6.23. The van der Waals surface area contributed by atoms with Crippen molar-refractivity contribution in [3.05, 3.63) is 35.9 Å². The van der Waals surface area contributed by atoms with Gasteiger partial charge < -0.3 is 21.5 Å². The second kappa shape index (κ2) is 9.06. The van der Waals surface area contributed by atoms with E-state index in [1.54, 1.807) is 24.3 Å². The molecule has 0 bridgehead atoms. The summed E-state index contributed by atoms with van der Waals surface area (Å²) in [4.78, 5) is 34.3. The highest BCUT2D eigenvalue weighted by Gasteiger charge is 2.21. The lowest BCUT2D eigenvalue weighted by molar-refractivity contribution is -0.141. The zero-order valence-corrected chi connectivity index (χ0v) is 12.8. The Morgan fingerprint density at radius 1 is 1.23 bits per heavy atom. The van der Waals surface area contributed by atoms with Crippen LogP contribution in [0.5, 0.6) is 0 Å². The maximum atomic E-state index is 11.7. The Kier molecular flexibility index (Phi) is 7.41. The van der Waals surface area contributed by atoms with E-state index >= 15 is 0 Å². The third kappa shape index (κ3) is 6.15. The molecule has 0 aliphatic carbocycles. The first-order chi connectivity index (χ1) is 10.4. The van der Waals surface area contributed by atoms with E-state index in [4.69, 9.17) is 10.8 Å². The number of carbonyl (C=O) groups excluding carboxylic acids is 2. The second-order valence-electron chi connectivity index (χ2n) is 4.65. The smallest absolute Gasteiger partial charge is 0.326 e. The third-order valence-corrected chi connectivity index (χ3v) is 3.27. The minimum atomic E-state index is -1.14. The number of nitrogens with two attached hydrogens (primary N) is 1. The molecular formula is C14H19N3O4S. The molecule has 0 heterocycles. The fourth-order valence-corrected chi connectivity index (χ4v) is 1.84. The molecule has 2 unspecified atom stereocenters. The Hall–Kier alpha value is -2.06. The number of hydrogen-bond acceptors (Lipinski definition) is 5. The highest BCUT2D eigenvalue weighted by molar-refractivity contribution is 7.80. The predicted molar refractivity (Wildman–Crippen MR) is 84.6 cm³/mol. The van der Waals surface area contributed by atoms with Gasteiger partial charge in [-0.3, -0.25) is 9.59 Å². The zero-order valence-electron chi connectivity index (χ0n) is 11.9. The van der Waals surface area contributed by atoms with Crippen molar-refractivity contribution in [2.75, 3.05) is 12.3 Å². The van der Waals surface area contributed by atoms with Gasteiger partial charge >= 0.3 is 5.97 Å². The van der Waals surface area contributed by atoms with Crippen molar-refractivity contribution in [3.8, 4) is 0 Å². The van der Waals surface area contributed by atoms with Gasteiger partial charge in [0.1, 0.15) is 6.04 Å². The number of aliphatic carboxylic acids is 1. The molecule has 1 aromatic carbocycles. The van der Waals surface area contributed by atoms with Gasteiger partial charge in [0.25, 0.3) is 0 Å². The monoisotopic (exact) mass is 325 g/mol. The summed E-state index contributed by atoms with van der Waals surface area (Å²) < 4.78 is 0. The van der Waals surface area contributed by atoms with Gasteiger partial charge in [-0.25, -0.2) is 4.79 Å². The van der Waals surface area contributed by atoms with Gasteiger partial charge in [-0.05, 0) is 5.56 Å². The van der Waals surface area contributed by atoms with E-state index < -0.39 is 29.9 Å². The van der Waals surface area contributed by atoms with Crippen LogP contribution >= 0.6 is 12.6 Å². The normalized spacial score (nSPS) is 13.0. The number of carboxylic acids is 1.